The number of likely N-dealkylation sites (tertiary alicyclic amines) is 1. The second-order valence-corrected chi connectivity index (χ2v) is 6.19. The van der Waals surface area contributed by atoms with Gasteiger partial charge in [-0.1, -0.05) is 50.6 Å². The van der Waals surface area contributed by atoms with Crippen molar-refractivity contribution >= 4 is 18.3 Å². The highest BCUT2D eigenvalue weighted by atomic mass is 35.5. The monoisotopic (exact) mass is 310 g/mol. The Kier molecular flexibility index (Phi) is 6.69. The molecule has 1 heterocycles. The van der Waals surface area contributed by atoms with Gasteiger partial charge >= 0.3 is 0 Å². The van der Waals surface area contributed by atoms with Gasteiger partial charge in [0.15, 0.2) is 0 Å². The molecule has 118 valence electrons. The quantitative estimate of drug-likeness (QED) is 0.929. The van der Waals surface area contributed by atoms with Crippen LogP contribution in [0.3, 0.4) is 0 Å². The number of hydrogen-bond acceptors (Lipinski definition) is 2. The van der Waals surface area contributed by atoms with E-state index in [4.69, 9.17) is 5.73 Å². The van der Waals surface area contributed by atoms with Crippen LogP contribution in [0.1, 0.15) is 45.1 Å². The van der Waals surface area contributed by atoms with Crippen LogP contribution in [-0.4, -0.2) is 29.9 Å². The summed E-state index contributed by atoms with van der Waals surface area (Å²) in [6, 6.07) is 10.2. The Labute approximate surface area is 134 Å². The Balaban J connectivity index is 0.00000220. The zero-order chi connectivity index (χ0) is 14.6. The molecule has 0 bridgehead atoms. The summed E-state index contributed by atoms with van der Waals surface area (Å²) in [7, 11) is 0. The molecule has 0 aromatic heterocycles. The number of nitrogens with zero attached hydrogens (tertiary/aromatic N) is 1. The Bertz CT molecular complexity index is 451. The number of hydrogen-bond donors (Lipinski definition) is 1. The van der Waals surface area contributed by atoms with Gasteiger partial charge in [-0.2, -0.15) is 0 Å². The molecule has 1 aromatic carbocycles. The lowest BCUT2D eigenvalue weighted by molar-refractivity contribution is -0.134. The number of nitrogens with two attached hydrogens (primary N) is 1. The zero-order valence-electron chi connectivity index (χ0n) is 13.0. The van der Waals surface area contributed by atoms with Crippen LogP contribution in [-0.2, 0) is 10.2 Å². The summed E-state index contributed by atoms with van der Waals surface area (Å²) < 4.78 is 0. The number of carbonyl (C=O) groups is 1. The topological polar surface area (TPSA) is 46.3 Å². The molecule has 4 heteroatoms. The summed E-state index contributed by atoms with van der Waals surface area (Å²) in [5.41, 5.74) is 7.37. The van der Waals surface area contributed by atoms with Crippen molar-refractivity contribution in [1.82, 2.24) is 4.90 Å². The molecule has 2 rings (SSSR count). The molecule has 2 N–H and O–H groups in total. The molecule has 0 spiro atoms. The number of halogens is 1. The number of benzene rings is 1. The molecule has 1 amide bonds. The number of piperidine rings is 1. The normalized spacial score (nSPS) is 23.3. The van der Waals surface area contributed by atoms with E-state index in [1.807, 2.05) is 11.0 Å². The largest absolute Gasteiger partial charge is 0.340 e. The average molecular weight is 311 g/mol. The zero-order valence-corrected chi connectivity index (χ0v) is 13.9. The van der Waals surface area contributed by atoms with E-state index in [9.17, 15) is 4.79 Å². The van der Waals surface area contributed by atoms with E-state index in [1.165, 1.54) is 5.56 Å². The Hall–Kier alpha value is -1.06. The third-order valence-corrected chi connectivity index (χ3v) is 4.40. The van der Waals surface area contributed by atoms with Crippen LogP contribution in [0.4, 0.5) is 0 Å². The maximum atomic E-state index is 12.4. The highest BCUT2D eigenvalue weighted by Crippen LogP contribution is 2.33. The molecule has 1 aliphatic heterocycles. The van der Waals surface area contributed by atoms with Crippen LogP contribution in [0.2, 0.25) is 0 Å². The minimum absolute atomic E-state index is 0. The van der Waals surface area contributed by atoms with E-state index in [0.29, 0.717) is 0 Å². The van der Waals surface area contributed by atoms with Crippen molar-refractivity contribution in [2.45, 2.75) is 51.0 Å². The molecular weight excluding hydrogens is 284 g/mol. The van der Waals surface area contributed by atoms with Gasteiger partial charge in [0.25, 0.3) is 0 Å². The fraction of sp³-hybridized carbons (Fsp3) is 0.588. The van der Waals surface area contributed by atoms with E-state index < -0.39 is 0 Å². The smallest absolute Gasteiger partial charge is 0.239 e. The summed E-state index contributed by atoms with van der Waals surface area (Å²) in [6.45, 7) is 5.95. The van der Waals surface area contributed by atoms with Crippen molar-refractivity contribution in [3.8, 4) is 0 Å². The molecule has 3 nitrogen and oxygen atoms in total. The molecular formula is C17H27ClN2O. The first-order valence-electron chi connectivity index (χ1n) is 7.67. The lowest BCUT2D eigenvalue weighted by atomic mass is 9.76. The molecule has 2 unspecified atom stereocenters. The second kappa shape index (κ2) is 7.81. The summed E-state index contributed by atoms with van der Waals surface area (Å²) in [5, 5.41) is 0. The Morgan fingerprint density at radius 1 is 1.38 bits per heavy atom. The molecule has 0 radical (unpaired) electrons. The molecule has 1 aliphatic rings. The average Bonchev–Trinajstić information content (AvgIpc) is 2.48. The van der Waals surface area contributed by atoms with Gasteiger partial charge in [0.1, 0.15) is 0 Å². The molecule has 1 fully saturated rings. The van der Waals surface area contributed by atoms with Crippen molar-refractivity contribution in [3.63, 3.8) is 0 Å². The molecule has 21 heavy (non-hydrogen) atoms. The Morgan fingerprint density at radius 2 is 2.05 bits per heavy atom. The van der Waals surface area contributed by atoms with Gasteiger partial charge in [0.2, 0.25) is 5.91 Å². The Morgan fingerprint density at radius 3 is 2.67 bits per heavy atom. The van der Waals surface area contributed by atoms with Crippen LogP contribution >= 0.6 is 12.4 Å². The first-order chi connectivity index (χ1) is 9.57. The molecule has 2 atom stereocenters. The predicted octanol–water partition coefficient (Wildman–Crippen LogP) is 3.12. The van der Waals surface area contributed by atoms with Gasteiger partial charge in [-0.15, -0.1) is 12.4 Å². The van der Waals surface area contributed by atoms with Crippen LogP contribution in [0, 0.1) is 0 Å². The predicted molar refractivity (Wildman–Crippen MR) is 89.7 cm³/mol. The first-order valence-corrected chi connectivity index (χ1v) is 7.67. The lowest BCUT2D eigenvalue weighted by Gasteiger charge is -2.41. The third kappa shape index (κ3) is 4.21. The van der Waals surface area contributed by atoms with Gasteiger partial charge < -0.3 is 10.6 Å². The van der Waals surface area contributed by atoms with Crippen LogP contribution in [0.5, 0.6) is 0 Å². The summed E-state index contributed by atoms with van der Waals surface area (Å²) >= 11 is 0. The molecule has 0 saturated carbocycles. The maximum Gasteiger partial charge on any atom is 0.239 e. The van der Waals surface area contributed by atoms with Gasteiger partial charge in [-0.25, -0.2) is 0 Å². The summed E-state index contributed by atoms with van der Waals surface area (Å²) in [5.74, 6) is 0.119. The minimum Gasteiger partial charge on any atom is -0.340 e. The highest BCUT2D eigenvalue weighted by Gasteiger charge is 2.35. The molecule has 0 aliphatic carbocycles. The number of amides is 1. The minimum atomic E-state index is -0.335. The van der Waals surface area contributed by atoms with Crippen molar-refractivity contribution in [2.75, 3.05) is 13.1 Å². The SMILES string of the molecule is CCCC(N)C(=O)N1CCCC(C)(c2ccccc2)C1.Cl. The van der Waals surface area contributed by atoms with E-state index in [-0.39, 0.29) is 29.8 Å². The number of carbonyl (C=O) groups excluding carboxylic acids is 1. The first kappa shape index (κ1) is 18.0. The van der Waals surface area contributed by atoms with Gasteiger partial charge in [0, 0.05) is 18.5 Å². The highest BCUT2D eigenvalue weighted by molar-refractivity contribution is 5.85. The van der Waals surface area contributed by atoms with Gasteiger partial charge in [-0.3, -0.25) is 4.79 Å². The van der Waals surface area contributed by atoms with E-state index in [0.717, 1.165) is 38.8 Å². The third-order valence-electron chi connectivity index (χ3n) is 4.40. The van der Waals surface area contributed by atoms with Crippen molar-refractivity contribution in [2.24, 2.45) is 5.73 Å². The van der Waals surface area contributed by atoms with Crippen molar-refractivity contribution < 1.29 is 4.79 Å². The van der Waals surface area contributed by atoms with Crippen LogP contribution in [0.15, 0.2) is 30.3 Å². The van der Waals surface area contributed by atoms with E-state index in [1.54, 1.807) is 0 Å². The number of rotatable bonds is 4. The lowest BCUT2D eigenvalue weighted by Crippen LogP contribution is -2.52. The van der Waals surface area contributed by atoms with Crippen LogP contribution < -0.4 is 5.73 Å². The summed E-state index contributed by atoms with van der Waals surface area (Å²) in [4.78, 5) is 14.4. The molecule has 1 saturated heterocycles. The van der Waals surface area contributed by atoms with Gasteiger partial charge in [-0.05, 0) is 24.8 Å². The second-order valence-electron chi connectivity index (χ2n) is 6.19. The van der Waals surface area contributed by atoms with E-state index in [2.05, 4.69) is 38.1 Å². The summed E-state index contributed by atoms with van der Waals surface area (Å²) in [6.07, 6.45) is 3.91. The standard InChI is InChI=1S/C17H26N2O.ClH/c1-3-8-15(18)16(20)19-12-7-11-17(2,13-19)14-9-5-4-6-10-14;/h4-6,9-10,15H,3,7-8,11-13,18H2,1-2H3;1H. The maximum absolute atomic E-state index is 12.4. The fourth-order valence-electron chi connectivity index (χ4n) is 3.17. The van der Waals surface area contributed by atoms with E-state index >= 15 is 0 Å². The van der Waals surface area contributed by atoms with Crippen molar-refractivity contribution in [1.29, 1.82) is 0 Å². The van der Waals surface area contributed by atoms with Crippen LogP contribution in [0.25, 0.3) is 0 Å². The molecule has 1 aromatic rings. The van der Waals surface area contributed by atoms with Crippen molar-refractivity contribution in [3.05, 3.63) is 35.9 Å². The van der Waals surface area contributed by atoms with Gasteiger partial charge in [0.05, 0.1) is 6.04 Å². The fourth-order valence-corrected chi connectivity index (χ4v) is 3.17.